The number of ether oxygens (including phenoxy) is 1. The molecule has 1 aliphatic rings. The molecule has 0 aromatic heterocycles. The van der Waals surface area contributed by atoms with Crippen LogP contribution in [0.5, 0.6) is 11.5 Å². The van der Waals surface area contributed by atoms with Gasteiger partial charge in [0.05, 0.1) is 36.4 Å². The third-order valence-electron chi connectivity index (χ3n) is 4.03. The molecule has 7 heteroatoms. The maximum atomic E-state index is 13.4. The molecule has 0 aliphatic carbocycles. The summed E-state index contributed by atoms with van der Waals surface area (Å²) in [5, 5.41) is 28.0. The molecule has 134 valence electrons. The summed E-state index contributed by atoms with van der Waals surface area (Å²) in [5.74, 6) is -0.732. The summed E-state index contributed by atoms with van der Waals surface area (Å²) in [6.45, 7) is 0.0316. The zero-order valence-corrected chi connectivity index (χ0v) is 14.1. The third kappa shape index (κ3) is 3.79. The molecular weight excluding hydrogens is 349 g/mol. The standard InChI is InChI=1S/C20H14FN3O3/c21-14-3-1-2-13(10-14)11-18-19(26)15-4-5-17(25)16(20(15)27-18)12-24(8-6-22)9-7-23/h1-5,10-11,25H,8-9,12H2/b18-11-. The summed E-state index contributed by atoms with van der Waals surface area (Å²) in [6.07, 6.45) is 1.43. The molecule has 27 heavy (non-hydrogen) atoms. The van der Waals surface area contributed by atoms with Gasteiger partial charge in [-0.3, -0.25) is 9.69 Å². The van der Waals surface area contributed by atoms with Crippen molar-refractivity contribution in [2.24, 2.45) is 0 Å². The number of carbonyl (C=O) groups is 1. The van der Waals surface area contributed by atoms with Crippen LogP contribution in [0.4, 0.5) is 4.39 Å². The topological polar surface area (TPSA) is 97.3 Å². The minimum absolute atomic E-state index is 0.00886. The molecule has 1 heterocycles. The van der Waals surface area contributed by atoms with Gasteiger partial charge in [0.2, 0.25) is 5.78 Å². The summed E-state index contributed by atoms with van der Waals surface area (Å²) in [5.41, 5.74) is 1.04. The van der Waals surface area contributed by atoms with Crippen molar-refractivity contribution in [2.75, 3.05) is 13.1 Å². The van der Waals surface area contributed by atoms with E-state index >= 15 is 0 Å². The average molecular weight is 363 g/mol. The molecule has 0 atom stereocenters. The second-order valence-electron chi connectivity index (χ2n) is 5.90. The van der Waals surface area contributed by atoms with Crippen molar-refractivity contribution in [1.82, 2.24) is 4.90 Å². The van der Waals surface area contributed by atoms with E-state index in [9.17, 15) is 14.3 Å². The van der Waals surface area contributed by atoms with Crippen molar-refractivity contribution >= 4 is 11.9 Å². The number of phenols is 1. The highest BCUT2D eigenvalue weighted by Crippen LogP contribution is 2.40. The number of benzene rings is 2. The third-order valence-corrected chi connectivity index (χ3v) is 4.03. The molecule has 2 aromatic carbocycles. The number of nitriles is 2. The molecule has 0 amide bonds. The van der Waals surface area contributed by atoms with Crippen LogP contribution in [0.1, 0.15) is 21.5 Å². The number of halogens is 1. The summed E-state index contributed by atoms with van der Waals surface area (Å²) in [7, 11) is 0. The van der Waals surface area contributed by atoms with Crippen LogP contribution in [0.3, 0.4) is 0 Å². The number of phenolic OH excluding ortho intramolecular Hbond substituents is 1. The maximum Gasteiger partial charge on any atom is 0.231 e. The molecule has 0 saturated heterocycles. The Morgan fingerprint density at radius 1 is 1.19 bits per heavy atom. The number of allylic oxidation sites excluding steroid dienone is 1. The minimum atomic E-state index is -0.436. The van der Waals surface area contributed by atoms with Gasteiger partial charge in [0, 0.05) is 6.54 Å². The largest absolute Gasteiger partial charge is 0.507 e. The van der Waals surface area contributed by atoms with Gasteiger partial charge in [0.15, 0.2) is 5.76 Å². The van der Waals surface area contributed by atoms with Crippen LogP contribution in [0.2, 0.25) is 0 Å². The van der Waals surface area contributed by atoms with E-state index in [2.05, 4.69) is 0 Å². The fourth-order valence-electron chi connectivity index (χ4n) is 2.79. The van der Waals surface area contributed by atoms with E-state index in [4.69, 9.17) is 15.3 Å². The first-order valence-corrected chi connectivity index (χ1v) is 8.04. The first-order chi connectivity index (χ1) is 13.0. The van der Waals surface area contributed by atoms with E-state index in [1.165, 1.54) is 41.3 Å². The molecule has 0 spiro atoms. The average Bonchev–Trinajstić information content (AvgIpc) is 2.94. The van der Waals surface area contributed by atoms with Gasteiger partial charge in [0.1, 0.15) is 17.3 Å². The first-order valence-electron chi connectivity index (χ1n) is 8.04. The Kier molecular flexibility index (Phi) is 5.16. The summed E-state index contributed by atoms with van der Waals surface area (Å²) < 4.78 is 19.0. The van der Waals surface area contributed by atoms with Crippen LogP contribution < -0.4 is 4.74 Å². The Morgan fingerprint density at radius 3 is 2.59 bits per heavy atom. The fourth-order valence-corrected chi connectivity index (χ4v) is 2.79. The van der Waals surface area contributed by atoms with Crippen LogP contribution in [0.25, 0.3) is 6.08 Å². The first kappa shape index (κ1) is 18.1. The molecule has 6 nitrogen and oxygen atoms in total. The van der Waals surface area contributed by atoms with Crippen molar-refractivity contribution in [3.05, 3.63) is 64.7 Å². The highest BCUT2D eigenvalue weighted by atomic mass is 19.1. The van der Waals surface area contributed by atoms with Gasteiger partial charge in [-0.2, -0.15) is 10.5 Å². The molecule has 3 rings (SSSR count). The molecular formula is C20H14FN3O3. The van der Waals surface area contributed by atoms with Crippen LogP contribution in [-0.2, 0) is 6.54 Å². The number of hydrogen-bond donors (Lipinski definition) is 1. The normalized spacial score (nSPS) is 13.9. The number of nitrogens with zero attached hydrogens (tertiary/aromatic N) is 3. The predicted octanol–water partition coefficient (Wildman–Crippen LogP) is 3.00. The van der Waals surface area contributed by atoms with Gasteiger partial charge in [-0.1, -0.05) is 12.1 Å². The smallest absolute Gasteiger partial charge is 0.231 e. The van der Waals surface area contributed by atoms with Crippen molar-refractivity contribution in [3.8, 4) is 23.6 Å². The Balaban J connectivity index is 1.96. The van der Waals surface area contributed by atoms with Crippen LogP contribution in [-0.4, -0.2) is 28.9 Å². The van der Waals surface area contributed by atoms with Crippen molar-refractivity contribution in [2.45, 2.75) is 6.54 Å². The molecule has 0 saturated carbocycles. The minimum Gasteiger partial charge on any atom is -0.507 e. The van der Waals surface area contributed by atoms with Crippen LogP contribution in [0, 0.1) is 28.5 Å². The lowest BCUT2D eigenvalue weighted by atomic mass is 10.0. The molecule has 0 unspecified atom stereocenters. The number of Topliss-reactive ketones (excluding diaryl/α,β-unsaturated/α-hetero) is 1. The zero-order chi connectivity index (χ0) is 19.4. The van der Waals surface area contributed by atoms with Gasteiger partial charge in [0.25, 0.3) is 0 Å². The van der Waals surface area contributed by atoms with E-state index in [0.29, 0.717) is 11.1 Å². The van der Waals surface area contributed by atoms with Gasteiger partial charge < -0.3 is 9.84 Å². The predicted molar refractivity (Wildman–Crippen MR) is 93.9 cm³/mol. The highest BCUT2D eigenvalue weighted by molar-refractivity contribution is 6.15. The van der Waals surface area contributed by atoms with Crippen molar-refractivity contribution in [3.63, 3.8) is 0 Å². The van der Waals surface area contributed by atoms with Gasteiger partial charge in [-0.05, 0) is 35.9 Å². The number of rotatable bonds is 5. The number of hydrogen-bond acceptors (Lipinski definition) is 6. The molecule has 1 N–H and O–H groups in total. The second-order valence-corrected chi connectivity index (χ2v) is 5.90. The summed E-state index contributed by atoms with van der Waals surface area (Å²) in [6, 6.07) is 12.4. The van der Waals surface area contributed by atoms with Crippen LogP contribution in [0.15, 0.2) is 42.2 Å². The number of ketones is 1. The summed E-state index contributed by atoms with van der Waals surface area (Å²) in [4.78, 5) is 14.1. The Morgan fingerprint density at radius 2 is 1.93 bits per heavy atom. The molecule has 1 aliphatic heterocycles. The van der Waals surface area contributed by atoms with E-state index in [0.717, 1.165) is 0 Å². The van der Waals surface area contributed by atoms with Gasteiger partial charge in [-0.15, -0.1) is 0 Å². The lowest BCUT2D eigenvalue weighted by Gasteiger charge is -2.17. The number of fused-ring (bicyclic) bond motifs is 1. The molecule has 0 bridgehead atoms. The molecule has 0 radical (unpaired) electrons. The lowest BCUT2D eigenvalue weighted by molar-refractivity contribution is 0.101. The highest BCUT2D eigenvalue weighted by Gasteiger charge is 2.31. The van der Waals surface area contributed by atoms with E-state index in [-0.39, 0.29) is 48.2 Å². The maximum absolute atomic E-state index is 13.4. The van der Waals surface area contributed by atoms with Gasteiger partial charge >= 0.3 is 0 Å². The van der Waals surface area contributed by atoms with E-state index in [1.54, 1.807) is 6.07 Å². The SMILES string of the molecule is N#CCN(CC#N)Cc1c(O)ccc2c1O/C(=C\c1cccc(F)c1)C2=O. The second kappa shape index (κ2) is 7.69. The Hall–Kier alpha value is -3.68. The Labute approximate surface area is 154 Å². The van der Waals surface area contributed by atoms with Crippen molar-refractivity contribution in [1.29, 1.82) is 10.5 Å². The fraction of sp³-hybridized carbons (Fsp3) is 0.150. The quantitative estimate of drug-likeness (QED) is 0.648. The zero-order valence-electron chi connectivity index (χ0n) is 14.1. The molecule has 0 fully saturated rings. The lowest BCUT2D eigenvalue weighted by Crippen LogP contribution is -2.24. The van der Waals surface area contributed by atoms with Crippen molar-refractivity contribution < 1.29 is 19.0 Å². The summed E-state index contributed by atoms with van der Waals surface area (Å²) >= 11 is 0. The Bertz CT molecular complexity index is 1000. The number of aromatic hydroxyl groups is 1. The van der Waals surface area contributed by atoms with Crippen LogP contribution >= 0.6 is 0 Å². The van der Waals surface area contributed by atoms with E-state index < -0.39 is 5.82 Å². The van der Waals surface area contributed by atoms with E-state index in [1.807, 2.05) is 12.1 Å². The van der Waals surface area contributed by atoms with Gasteiger partial charge in [-0.25, -0.2) is 4.39 Å². The monoisotopic (exact) mass is 363 g/mol. The number of carbonyl (C=O) groups excluding carboxylic acids is 1. The molecule has 2 aromatic rings.